The fourth-order valence-corrected chi connectivity index (χ4v) is 2.43. The van der Waals surface area contributed by atoms with Crippen molar-refractivity contribution in [3.8, 4) is 0 Å². The lowest BCUT2D eigenvalue weighted by Gasteiger charge is -2.28. The van der Waals surface area contributed by atoms with Crippen LogP contribution in [0.5, 0.6) is 0 Å². The van der Waals surface area contributed by atoms with Crippen molar-refractivity contribution in [3.63, 3.8) is 0 Å². The molecule has 0 aromatic heterocycles. The SMILES string of the molecule is CC(C)(C)OC(=O)[C@@H]1Cc2ccc(Br)cc2CN1. The summed E-state index contributed by atoms with van der Waals surface area (Å²) in [5, 5.41) is 3.23. The van der Waals surface area contributed by atoms with E-state index in [-0.39, 0.29) is 12.0 Å². The predicted molar refractivity (Wildman–Crippen MR) is 74.3 cm³/mol. The van der Waals surface area contributed by atoms with E-state index in [2.05, 4.69) is 33.4 Å². The van der Waals surface area contributed by atoms with Crippen LogP contribution in [0.25, 0.3) is 0 Å². The lowest BCUT2D eigenvalue weighted by molar-refractivity contribution is -0.157. The minimum Gasteiger partial charge on any atom is -0.459 e. The third kappa shape index (κ3) is 3.33. The van der Waals surface area contributed by atoms with E-state index >= 15 is 0 Å². The second-order valence-electron chi connectivity index (χ2n) is 5.58. The number of benzene rings is 1. The summed E-state index contributed by atoms with van der Waals surface area (Å²) in [7, 11) is 0. The Morgan fingerprint density at radius 2 is 2.11 bits per heavy atom. The maximum Gasteiger partial charge on any atom is 0.324 e. The Labute approximate surface area is 116 Å². The molecule has 0 saturated carbocycles. The number of hydrogen-bond acceptors (Lipinski definition) is 3. The van der Waals surface area contributed by atoms with Crippen LogP contribution >= 0.6 is 15.9 Å². The molecule has 1 atom stereocenters. The van der Waals surface area contributed by atoms with E-state index in [1.165, 1.54) is 11.1 Å². The first-order valence-corrected chi connectivity index (χ1v) is 6.88. The van der Waals surface area contributed by atoms with Crippen molar-refractivity contribution in [2.45, 2.75) is 45.4 Å². The smallest absolute Gasteiger partial charge is 0.324 e. The van der Waals surface area contributed by atoms with E-state index in [0.717, 1.165) is 4.47 Å². The molecule has 18 heavy (non-hydrogen) atoms. The van der Waals surface area contributed by atoms with Crippen LogP contribution in [0.1, 0.15) is 31.9 Å². The molecule has 4 heteroatoms. The molecule has 2 rings (SSSR count). The molecule has 0 amide bonds. The van der Waals surface area contributed by atoms with E-state index in [9.17, 15) is 4.79 Å². The summed E-state index contributed by atoms with van der Waals surface area (Å²) in [5.41, 5.74) is 2.02. The van der Waals surface area contributed by atoms with E-state index in [1.807, 2.05) is 26.8 Å². The average Bonchev–Trinajstić information content (AvgIpc) is 2.26. The predicted octanol–water partition coefficient (Wildman–Crippen LogP) is 2.81. The van der Waals surface area contributed by atoms with Crippen molar-refractivity contribution in [2.75, 3.05) is 0 Å². The largest absolute Gasteiger partial charge is 0.459 e. The summed E-state index contributed by atoms with van der Waals surface area (Å²) in [6, 6.07) is 5.93. The number of carbonyl (C=O) groups is 1. The Bertz CT molecular complexity index is 465. The van der Waals surface area contributed by atoms with Gasteiger partial charge in [-0.1, -0.05) is 22.0 Å². The van der Waals surface area contributed by atoms with Gasteiger partial charge >= 0.3 is 5.97 Å². The van der Waals surface area contributed by atoms with Crippen molar-refractivity contribution < 1.29 is 9.53 Å². The zero-order valence-corrected chi connectivity index (χ0v) is 12.5. The van der Waals surface area contributed by atoms with E-state index in [4.69, 9.17) is 4.74 Å². The number of ether oxygens (including phenoxy) is 1. The van der Waals surface area contributed by atoms with Gasteiger partial charge in [-0.3, -0.25) is 4.79 Å². The maximum atomic E-state index is 12.0. The number of hydrogen-bond donors (Lipinski definition) is 1. The van der Waals surface area contributed by atoms with Crippen LogP contribution in [0.2, 0.25) is 0 Å². The minimum atomic E-state index is -0.432. The first kappa shape index (κ1) is 13.6. The van der Waals surface area contributed by atoms with E-state index in [0.29, 0.717) is 13.0 Å². The summed E-state index contributed by atoms with van der Waals surface area (Å²) in [6.45, 7) is 6.37. The Morgan fingerprint density at radius 3 is 2.78 bits per heavy atom. The van der Waals surface area contributed by atoms with E-state index in [1.54, 1.807) is 0 Å². The molecule has 0 bridgehead atoms. The zero-order valence-electron chi connectivity index (χ0n) is 10.9. The van der Waals surface area contributed by atoms with Gasteiger partial charge in [0.05, 0.1) is 0 Å². The second-order valence-corrected chi connectivity index (χ2v) is 6.50. The van der Waals surface area contributed by atoms with Crippen LogP contribution in [-0.2, 0) is 22.5 Å². The molecule has 0 fully saturated rings. The number of halogens is 1. The molecule has 0 radical (unpaired) electrons. The van der Waals surface area contributed by atoms with Crippen molar-refractivity contribution in [1.82, 2.24) is 5.32 Å². The fraction of sp³-hybridized carbons (Fsp3) is 0.500. The molecular weight excluding hydrogens is 294 g/mol. The topological polar surface area (TPSA) is 38.3 Å². The lowest BCUT2D eigenvalue weighted by Crippen LogP contribution is -2.45. The molecule has 1 heterocycles. The maximum absolute atomic E-state index is 12.0. The molecular formula is C14H18BrNO2. The molecule has 98 valence electrons. The third-order valence-electron chi connectivity index (χ3n) is 2.82. The molecule has 1 aliphatic rings. The molecule has 0 saturated heterocycles. The van der Waals surface area contributed by atoms with Gasteiger partial charge in [-0.25, -0.2) is 0 Å². The van der Waals surface area contributed by atoms with Crippen LogP contribution in [0.15, 0.2) is 22.7 Å². The van der Waals surface area contributed by atoms with Crippen molar-refractivity contribution in [1.29, 1.82) is 0 Å². The molecule has 0 unspecified atom stereocenters. The van der Waals surface area contributed by atoms with Gasteiger partial charge < -0.3 is 10.1 Å². The summed E-state index contributed by atoms with van der Waals surface area (Å²) < 4.78 is 6.47. The normalized spacial score (nSPS) is 19.2. The first-order valence-electron chi connectivity index (χ1n) is 6.09. The van der Waals surface area contributed by atoms with Gasteiger partial charge in [-0.15, -0.1) is 0 Å². The fourth-order valence-electron chi connectivity index (χ4n) is 2.02. The van der Waals surface area contributed by atoms with Crippen LogP contribution in [0.4, 0.5) is 0 Å². The van der Waals surface area contributed by atoms with Gasteiger partial charge in [0, 0.05) is 11.0 Å². The molecule has 0 aliphatic carbocycles. The Kier molecular flexibility index (Phi) is 3.78. The number of esters is 1. The molecule has 1 N–H and O–H groups in total. The van der Waals surface area contributed by atoms with Crippen molar-refractivity contribution in [2.24, 2.45) is 0 Å². The second kappa shape index (κ2) is 5.02. The highest BCUT2D eigenvalue weighted by Crippen LogP contribution is 2.22. The lowest BCUT2D eigenvalue weighted by atomic mass is 9.96. The third-order valence-corrected chi connectivity index (χ3v) is 3.32. The Morgan fingerprint density at radius 1 is 1.39 bits per heavy atom. The summed E-state index contributed by atoms with van der Waals surface area (Å²) in [4.78, 5) is 12.0. The van der Waals surface area contributed by atoms with Crippen LogP contribution in [0, 0.1) is 0 Å². The minimum absolute atomic E-state index is 0.170. The number of rotatable bonds is 1. The van der Waals surface area contributed by atoms with Gasteiger partial charge in [-0.2, -0.15) is 0 Å². The monoisotopic (exact) mass is 311 g/mol. The summed E-state index contributed by atoms with van der Waals surface area (Å²) >= 11 is 3.45. The highest BCUT2D eigenvalue weighted by atomic mass is 79.9. The van der Waals surface area contributed by atoms with Crippen LogP contribution in [0.3, 0.4) is 0 Å². The average molecular weight is 312 g/mol. The van der Waals surface area contributed by atoms with Gasteiger partial charge in [0.1, 0.15) is 11.6 Å². The highest BCUT2D eigenvalue weighted by molar-refractivity contribution is 9.10. The highest BCUT2D eigenvalue weighted by Gasteiger charge is 2.28. The van der Waals surface area contributed by atoms with Gasteiger partial charge in [0.15, 0.2) is 0 Å². The van der Waals surface area contributed by atoms with E-state index < -0.39 is 5.60 Å². The summed E-state index contributed by atoms with van der Waals surface area (Å²) in [5.74, 6) is -0.170. The summed E-state index contributed by atoms with van der Waals surface area (Å²) in [6.07, 6.45) is 0.692. The van der Waals surface area contributed by atoms with Gasteiger partial charge in [-0.05, 0) is 50.5 Å². The number of carbonyl (C=O) groups excluding carboxylic acids is 1. The first-order chi connectivity index (χ1) is 8.35. The van der Waals surface area contributed by atoms with Gasteiger partial charge in [0.2, 0.25) is 0 Å². The molecule has 1 aromatic rings. The van der Waals surface area contributed by atoms with Crippen molar-refractivity contribution >= 4 is 21.9 Å². The Hall–Kier alpha value is -0.870. The number of fused-ring (bicyclic) bond motifs is 1. The quantitative estimate of drug-likeness (QED) is 0.811. The zero-order chi connectivity index (χ0) is 13.3. The Balaban J connectivity index is 2.08. The standard InChI is InChI=1S/C14H18BrNO2/c1-14(2,3)18-13(17)12-7-9-4-5-11(15)6-10(9)8-16-12/h4-6,12,16H,7-8H2,1-3H3/t12-/m0/s1. The van der Waals surface area contributed by atoms with Crippen LogP contribution in [-0.4, -0.2) is 17.6 Å². The molecule has 1 aromatic carbocycles. The van der Waals surface area contributed by atoms with Crippen molar-refractivity contribution in [3.05, 3.63) is 33.8 Å². The molecule has 1 aliphatic heterocycles. The number of nitrogens with one attached hydrogen (secondary N) is 1. The molecule has 0 spiro atoms. The van der Waals surface area contributed by atoms with Crippen LogP contribution < -0.4 is 5.32 Å². The molecule has 3 nitrogen and oxygen atoms in total. The van der Waals surface area contributed by atoms with Gasteiger partial charge in [0.25, 0.3) is 0 Å².